The van der Waals surface area contributed by atoms with E-state index >= 15 is 0 Å². The van der Waals surface area contributed by atoms with E-state index < -0.39 is 0 Å². The van der Waals surface area contributed by atoms with Crippen LogP contribution >= 0.6 is 0 Å². The third-order valence-electron chi connectivity index (χ3n) is 3.41. The van der Waals surface area contributed by atoms with Crippen molar-refractivity contribution in [1.82, 2.24) is 15.2 Å². The Hall–Kier alpha value is -2.17. The van der Waals surface area contributed by atoms with E-state index in [1.807, 2.05) is 24.3 Å². The minimum atomic E-state index is 0.532. The number of anilines is 1. The summed E-state index contributed by atoms with van der Waals surface area (Å²) in [4.78, 5) is 4.58. The van der Waals surface area contributed by atoms with Crippen molar-refractivity contribution in [2.75, 3.05) is 12.3 Å². The topological polar surface area (TPSA) is 73.9 Å². The first-order valence-corrected chi connectivity index (χ1v) is 7.01. The fourth-order valence-electron chi connectivity index (χ4n) is 2.37. The van der Waals surface area contributed by atoms with Gasteiger partial charge in [-0.15, -0.1) is 5.10 Å². The zero-order valence-electron chi connectivity index (χ0n) is 11.4. The SMILES string of the molecule is Nc1cccc(OCCc2nnc3c(n2)CCCC3)c1. The van der Waals surface area contributed by atoms with Crippen LogP contribution in [0.5, 0.6) is 5.75 Å². The number of aromatic nitrogens is 3. The lowest BCUT2D eigenvalue weighted by Crippen LogP contribution is -2.14. The minimum Gasteiger partial charge on any atom is -0.493 e. The second-order valence-corrected chi connectivity index (χ2v) is 5.00. The maximum atomic E-state index is 5.70. The number of nitrogens with two attached hydrogens (primary N) is 1. The Labute approximate surface area is 118 Å². The summed E-state index contributed by atoms with van der Waals surface area (Å²) in [7, 11) is 0. The first-order chi connectivity index (χ1) is 9.81. The molecule has 0 saturated heterocycles. The molecule has 0 unspecified atom stereocenters. The zero-order valence-corrected chi connectivity index (χ0v) is 11.4. The molecule has 0 amide bonds. The minimum absolute atomic E-state index is 0.532. The highest BCUT2D eigenvalue weighted by Crippen LogP contribution is 2.17. The molecule has 5 heteroatoms. The molecule has 0 atom stereocenters. The van der Waals surface area contributed by atoms with E-state index in [0.29, 0.717) is 18.7 Å². The fourth-order valence-corrected chi connectivity index (χ4v) is 2.37. The fraction of sp³-hybridized carbons (Fsp3) is 0.400. The Kier molecular flexibility index (Phi) is 3.76. The highest BCUT2D eigenvalue weighted by molar-refractivity contribution is 5.43. The summed E-state index contributed by atoms with van der Waals surface area (Å²) in [6, 6.07) is 7.42. The third kappa shape index (κ3) is 3.04. The Balaban J connectivity index is 1.58. The molecule has 0 spiro atoms. The van der Waals surface area contributed by atoms with Crippen LogP contribution in [0.25, 0.3) is 0 Å². The van der Waals surface area contributed by atoms with Crippen LogP contribution < -0.4 is 10.5 Å². The average Bonchev–Trinajstić information content (AvgIpc) is 2.47. The lowest BCUT2D eigenvalue weighted by molar-refractivity contribution is 0.318. The normalized spacial score (nSPS) is 13.8. The monoisotopic (exact) mass is 270 g/mol. The van der Waals surface area contributed by atoms with Gasteiger partial charge >= 0.3 is 0 Å². The molecular formula is C15H18N4O. The third-order valence-corrected chi connectivity index (χ3v) is 3.41. The maximum Gasteiger partial charge on any atom is 0.154 e. The van der Waals surface area contributed by atoms with Crippen LogP contribution in [0.15, 0.2) is 24.3 Å². The molecule has 1 aromatic heterocycles. The van der Waals surface area contributed by atoms with Crippen molar-refractivity contribution in [2.24, 2.45) is 0 Å². The molecule has 0 radical (unpaired) electrons. The van der Waals surface area contributed by atoms with E-state index in [9.17, 15) is 0 Å². The Morgan fingerprint density at radius 2 is 1.95 bits per heavy atom. The maximum absolute atomic E-state index is 5.70. The van der Waals surface area contributed by atoms with Gasteiger partial charge in [0, 0.05) is 18.2 Å². The van der Waals surface area contributed by atoms with E-state index in [1.165, 1.54) is 12.8 Å². The van der Waals surface area contributed by atoms with Crippen LogP contribution in [-0.4, -0.2) is 21.8 Å². The highest BCUT2D eigenvalue weighted by atomic mass is 16.5. The number of hydrogen-bond acceptors (Lipinski definition) is 5. The summed E-state index contributed by atoms with van der Waals surface area (Å²) >= 11 is 0. The molecule has 2 aromatic rings. The van der Waals surface area contributed by atoms with Crippen LogP contribution in [0.2, 0.25) is 0 Å². The summed E-state index contributed by atoms with van der Waals surface area (Å²) in [5.41, 5.74) is 8.59. The lowest BCUT2D eigenvalue weighted by atomic mass is 10.0. The second kappa shape index (κ2) is 5.86. The van der Waals surface area contributed by atoms with Crippen molar-refractivity contribution >= 4 is 5.69 Å². The van der Waals surface area contributed by atoms with Gasteiger partial charge in [0.15, 0.2) is 5.82 Å². The quantitative estimate of drug-likeness (QED) is 0.860. The van der Waals surface area contributed by atoms with Crippen molar-refractivity contribution in [3.8, 4) is 5.75 Å². The molecule has 0 aliphatic heterocycles. The van der Waals surface area contributed by atoms with Crippen molar-refractivity contribution in [3.05, 3.63) is 41.5 Å². The molecule has 0 saturated carbocycles. The molecule has 0 fully saturated rings. The van der Waals surface area contributed by atoms with E-state index in [2.05, 4.69) is 15.2 Å². The molecule has 0 bridgehead atoms. The van der Waals surface area contributed by atoms with Crippen LogP contribution in [-0.2, 0) is 19.3 Å². The number of ether oxygens (including phenoxy) is 1. The van der Waals surface area contributed by atoms with Gasteiger partial charge in [-0.25, -0.2) is 4.98 Å². The first kappa shape index (κ1) is 12.8. The molecule has 3 rings (SSSR count). The predicted octanol–water partition coefficient (Wildman–Crippen LogP) is 1.95. The standard InChI is InChI=1S/C15H18N4O/c16-11-4-3-5-12(10-11)20-9-8-15-17-13-6-1-2-7-14(13)18-19-15/h3-5,10H,1-2,6-9,16H2. The van der Waals surface area contributed by atoms with Crippen molar-refractivity contribution in [2.45, 2.75) is 32.1 Å². The van der Waals surface area contributed by atoms with Gasteiger partial charge in [0.2, 0.25) is 0 Å². The van der Waals surface area contributed by atoms with Gasteiger partial charge in [-0.05, 0) is 37.8 Å². The van der Waals surface area contributed by atoms with E-state index in [-0.39, 0.29) is 0 Å². The van der Waals surface area contributed by atoms with Crippen molar-refractivity contribution < 1.29 is 4.74 Å². The van der Waals surface area contributed by atoms with Crippen LogP contribution in [0.4, 0.5) is 5.69 Å². The summed E-state index contributed by atoms with van der Waals surface area (Å²) in [5.74, 6) is 1.53. The van der Waals surface area contributed by atoms with E-state index in [4.69, 9.17) is 10.5 Å². The van der Waals surface area contributed by atoms with Gasteiger partial charge < -0.3 is 10.5 Å². The van der Waals surface area contributed by atoms with Crippen LogP contribution in [0.1, 0.15) is 30.1 Å². The molecule has 1 aliphatic carbocycles. The average molecular weight is 270 g/mol. The smallest absolute Gasteiger partial charge is 0.154 e. The Morgan fingerprint density at radius 3 is 2.80 bits per heavy atom. The molecule has 2 N–H and O–H groups in total. The first-order valence-electron chi connectivity index (χ1n) is 7.01. The number of aryl methyl sites for hydroxylation is 2. The van der Waals surface area contributed by atoms with Gasteiger partial charge in [-0.2, -0.15) is 5.10 Å². The predicted molar refractivity (Wildman–Crippen MR) is 76.5 cm³/mol. The highest BCUT2D eigenvalue weighted by Gasteiger charge is 2.13. The molecule has 20 heavy (non-hydrogen) atoms. The number of hydrogen-bond donors (Lipinski definition) is 1. The van der Waals surface area contributed by atoms with Crippen molar-refractivity contribution in [1.29, 1.82) is 0 Å². The molecular weight excluding hydrogens is 252 g/mol. The second-order valence-electron chi connectivity index (χ2n) is 5.00. The summed E-state index contributed by atoms with van der Waals surface area (Å²) < 4.78 is 5.65. The van der Waals surface area contributed by atoms with Crippen molar-refractivity contribution in [3.63, 3.8) is 0 Å². The number of rotatable bonds is 4. The van der Waals surface area contributed by atoms with Gasteiger partial charge in [0.25, 0.3) is 0 Å². The molecule has 104 valence electrons. The summed E-state index contributed by atoms with van der Waals surface area (Å²) in [5, 5.41) is 8.45. The molecule has 1 aromatic carbocycles. The van der Waals surface area contributed by atoms with E-state index in [0.717, 1.165) is 35.8 Å². The van der Waals surface area contributed by atoms with E-state index in [1.54, 1.807) is 0 Å². The number of nitrogens with zero attached hydrogens (tertiary/aromatic N) is 3. The number of fused-ring (bicyclic) bond motifs is 1. The van der Waals surface area contributed by atoms with Gasteiger partial charge in [-0.1, -0.05) is 6.07 Å². The Bertz CT molecular complexity index is 600. The lowest BCUT2D eigenvalue weighted by Gasteiger charge is -2.13. The number of benzene rings is 1. The van der Waals surface area contributed by atoms with Crippen LogP contribution in [0, 0.1) is 0 Å². The van der Waals surface area contributed by atoms with Gasteiger partial charge in [-0.3, -0.25) is 0 Å². The zero-order chi connectivity index (χ0) is 13.8. The molecule has 5 nitrogen and oxygen atoms in total. The largest absolute Gasteiger partial charge is 0.493 e. The number of nitrogen functional groups attached to an aromatic ring is 1. The van der Waals surface area contributed by atoms with Crippen LogP contribution in [0.3, 0.4) is 0 Å². The summed E-state index contributed by atoms with van der Waals surface area (Å²) in [6.45, 7) is 0.532. The van der Waals surface area contributed by atoms with Gasteiger partial charge in [0.1, 0.15) is 5.75 Å². The Morgan fingerprint density at radius 1 is 1.10 bits per heavy atom. The molecule has 1 heterocycles. The summed E-state index contributed by atoms with van der Waals surface area (Å²) in [6.07, 6.45) is 5.09. The molecule has 1 aliphatic rings. The van der Waals surface area contributed by atoms with Gasteiger partial charge in [0.05, 0.1) is 18.0 Å².